The molecule has 1 aromatic heterocycles. The summed E-state index contributed by atoms with van der Waals surface area (Å²) >= 11 is 0. The number of hydrogen-bond acceptors (Lipinski definition) is 3. The second kappa shape index (κ2) is 6.06. The SMILES string of the molecule is CC(C)NCC1(Cc2ccn(C(C)C)n2)CCOC1. The monoisotopic (exact) mass is 265 g/mol. The maximum absolute atomic E-state index is 5.64. The average Bonchev–Trinajstić information content (AvgIpc) is 2.97. The van der Waals surface area contributed by atoms with Gasteiger partial charge in [-0.1, -0.05) is 13.8 Å². The van der Waals surface area contributed by atoms with Crippen LogP contribution < -0.4 is 5.32 Å². The van der Waals surface area contributed by atoms with Crippen molar-refractivity contribution >= 4 is 0 Å². The van der Waals surface area contributed by atoms with Crippen molar-refractivity contribution in [3.63, 3.8) is 0 Å². The minimum atomic E-state index is 0.223. The van der Waals surface area contributed by atoms with Crippen LogP contribution in [0.3, 0.4) is 0 Å². The number of nitrogens with zero attached hydrogens (tertiary/aromatic N) is 2. The van der Waals surface area contributed by atoms with Crippen molar-refractivity contribution in [2.75, 3.05) is 19.8 Å². The quantitative estimate of drug-likeness (QED) is 0.858. The van der Waals surface area contributed by atoms with Crippen LogP contribution in [0.1, 0.15) is 45.9 Å². The number of hydrogen-bond donors (Lipinski definition) is 1. The summed E-state index contributed by atoms with van der Waals surface area (Å²) < 4.78 is 7.68. The molecule has 0 aliphatic carbocycles. The van der Waals surface area contributed by atoms with Gasteiger partial charge in [-0.3, -0.25) is 4.68 Å². The maximum Gasteiger partial charge on any atom is 0.0631 e. The van der Waals surface area contributed by atoms with Crippen LogP contribution in [0.25, 0.3) is 0 Å². The van der Waals surface area contributed by atoms with Crippen molar-refractivity contribution in [3.05, 3.63) is 18.0 Å². The molecule has 108 valence electrons. The summed E-state index contributed by atoms with van der Waals surface area (Å²) in [5, 5.41) is 8.24. The lowest BCUT2D eigenvalue weighted by atomic mass is 9.82. The molecule has 0 amide bonds. The highest BCUT2D eigenvalue weighted by Crippen LogP contribution is 2.32. The van der Waals surface area contributed by atoms with Gasteiger partial charge in [0.05, 0.1) is 12.3 Å². The Balaban J connectivity index is 2.03. The zero-order valence-corrected chi connectivity index (χ0v) is 12.6. The molecule has 19 heavy (non-hydrogen) atoms. The molecule has 4 nitrogen and oxygen atoms in total. The van der Waals surface area contributed by atoms with E-state index in [1.54, 1.807) is 0 Å². The molecule has 2 heterocycles. The summed E-state index contributed by atoms with van der Waals surface area (Å²) in [5.41, 5.74) is 1.41. The third-order valence-electron chi connectivity index (χ3n) is 3.82. The van der Waals surface area contributed by atoms with Crippen molar-refractivity contribution < 1.29 is 4.74 Å². The standard InChI is InChI=1S/C15H27N3O/c1-12(2)16-10-15(6-8-19-11-15)9-14-5-7-18(17-14)13(3)4/h5,7,12-13,16H,6,8-11H2,1-4H3. The Morgan fingerprint density at radius 3 is 2.74 bits per heavy atom. The summed E-state index contributed by atoms with van der Waals surface area (Å²) in [4.78, 5) is 0. The zero-order chi connectivity index (χ0) is 13.9. The molecule has 2 rings (SSSR count). The summed E-state index contributed by atoms with van der Waals surface area (Å²) in [5.74, 6) is 0. The van der Waals surface area contributed by atoms with Crippen LogP contribution in [-0.4, -0.2) is 35.6 Å². The van der Waals surface area contributed by atoms with Crippen LogP contribution in [0.5, 0.6) is 0 Å². The van der Waals surface area contributed by atoms with E-state index in [4.69, 9.17) is 4.74 Å². The molecule has 0 saturated carbocycles. The van der Waals surface area contributed by atoms with Crippen LogP contribution >= 0.6 is 0 Å². The van der Waals surface area contributed by atoms with Crippen LogP contribution in [0, 0.1) is 5.41 Å². The van der Waals surface area contributed by atoms with E-state index in [1.807, 2.05) is 4.68 Å². The van der Waals surface area contributed by atoms with Gasteiger partial charge in [-0.05, 0) is 26.3 Å². The molecule has 1 atom stereocenters. The Morgan fingerprint density at radius 2 is 2.21 bits per heavy atom. The van der Waals surface area contributed by atoms with Crippen LogP contribution in [0.2, 0.25) is 0 Å². The van der Waals surface area contributed by atoms with Gasteiger partial charge < -0.3 is 10.1 Å². The van der Waals surface area contributed by atoms with Gasteiger partial charge in [0, 0.05) is 43.3 Å². The number of rotatable bonds is 6. The van der Waals surface area contributed by atoms with Gasteiger partial charge >= 0.3 is 0 Å². The minimum absolute atomic E-state index is 0.223. The highest BCUT2D eigenvalue weighted by molar-refractivity contribution is 5.05. The topological polar surface area (TPSA) is 39.1 Å². The van der Waals surface area contributed by atoms with Gasteiger partial charge in [0.2, 0.25) is 0 Å². The molecule has 1 saturated heterocycles. The third kappa shape index (κ3) is 3.80. The molecule has 0 spiro atoms. The van der Waals surface area contributed by atoms with E-state index in [2.05, 4.69) is 50.4 Å². The predicted molar refractivity (Wildman–Crippen MR) is 77.3 cm³/mol. The highest BCUT2D eigenvalue weighted by Gasteiger charge is 2.35. The molecule has 0 aromatic carbocycles. The lowest BCUT2D eigenvalue weighted by Crippen LogP contribution is -2.39. The average molecular weight is 265 g/mol. The van der Waals surface area contributed by atoms with Crippen molar-refractivity contribution in [1.82, 2.24) is 15.1 Å². The van der Waals surface area contributed by atoms with E-state index >= 15 is 0 Å². The Bertz CT molecular complexity index is 392. The van der Waals surface area contributed by atoms with E-state index in [9.17, 15) is 0 Å². The fraction of sp³-hybridized carbons (Fsp3) is 0.800. The molecular weight excluding hydrogens is 238 g/mol. The number of nitrogens with one attached hydrogen (secondary N) is 1. The second-order valence-corrected chi connectivity index (χ2v) is 6.40. The van der Waals surface area contributed by atoms with Gasteiger partial charge in [0.15, 0.2) is 0 Å². The summed E-state index contributed by atoms with van der Waals surface area (Å²) in [6.45, 7) is 11.4. The minimum Gasteiger partial charge on any atom is -0.381 e. The van der Waals surface area contributed by atoms with Crippen LogP contribution in [0.4, 0.5) is 0 Å². The van der Waals surface area contributed by atoms with Gasteiger partial charge in [-0.2, -0.15) is 5.10 Å². The van der Waals surface area contributed by atoms with Crippen molar-refractivity contribution in [2.45, 2.75) is 52.6 Å². The molecule has 4 heteroatoms. The second-order valence-electron chi connectivity index (χ2n) is 6.40. The molecule has 0 bridgehead atoms. The lowest BCUT2D eigenvalue weighted by Gasteiger charge is -2.28. The van der Waals surface area contributed by atoms with E-state index in [1.165, 1.54) is 5.69 Å². The Labute approximate surface area is 116 Å². The molecular formula is C15H27N3O. The molecule has 1 N–H and O–H groups in total. The van der Waals surface area contributed by atoms with Crippen molar-refractivity contribution in [1.29, 1.82) is 0 Å². The molecule has 1 aromatic rings. The number of ether oxygens (including phenoxy) is 1. The van der Waals surface area contributed by atoms with Gasteiger partial charge in [0.1, 0.15) is 0 Å². The van der Waals surface area contributed by atoms with Gasteiger partial charge in [-0.15, -0.1) is 0 Å². The van der Waals surface area contributed by atoms with E-state index in [-0.39, 0.29) is 5.41 Å². The molecule has 1 aliphatic rings. The van der Waals surface area contributed by atoms with E-state index < -0.39 is 0 Å². The van der Waals surface area contributed by atoms with Crippen molar-refractivity contribution in [2.24, 2.45) is 5.41 Å². The Hall–Kier alpha value is -0.870. The van der Waals surface area contributed by atoms with E-state index in [0.29, 0.717) is 12.1 Å². The van der Waals surface area contributed by atoms with Crippen molar-refractivity contribution in [3.8, 4) is 0 Å². The Kier molecular flexibility index (Phi) is 4.63. The molecule has 1 fully saturated rings. The van der Waals surface area contributed by atoms with Crippen LogP contribution in [0.15, 0.2) is 12.3 Å². The predicted octanol–water partition coefficient (Wildman–Crippen LogP) is 2.41. The summed E-state index contributed by atoms with van der Waals surface area (Å²) in [6.07, 6.45) is 4.22. The van der Waals surface area contributed by atoms with Crippen LogP contribution in [-0.2, 0) is 11.2 Å². The largest absolute Gasteiger partial charge is 0.381 e. The number of aromatic nitrogens is 2. The Morgan fingerprint density at radius 1 is 1.42 bits per heavy atom. The first kappa shape index (κ1) is 14.5. The molecule has 0 radical (unpaired) electrons. The summed E-state index contributed by atoms with van der Waals surface area (Å²) in [7, 11) is 0. The smallest absolute Gasteiger partial charge is 0.0631 e. The maximum atomic E-state index is 5.64. The van der Waals surface area contributed by atoms with Gasteiger partial charge in [-0.25, -0.2) is 0 Å². The highest BCUT2D eigenvalue weighted by atomic mass is 16.5. The first-order valence-electron chi connectivity index (χ1n) is 7.36. The molecule has 1 unspecified atom stereocenters. The normalized spacial score (nSPS) is 23.7. The fourth-order valence-electron chi connectivity index (χ4n) is 2.55. The summed E-state index contributed by atoms with van der Waals surface area (Å²) in [6, 6.07) is 3.10. The third-order valence-corrected chi connectivity index (χ3v) is 3.82. The molecule has 1 aliphatic heterocycles. The lowest BCUT2D eigenvalue weighted by molar-refractivity contribution is 0.147. The zero-order valence-electron chi connectivity index (χ0n) is 12.6. The van der Waals surface area contributed by atoms with Gasteiger partial charge in [0.25, 0.3) is 0 Å². The first-order valence-corrected chi connectivity index (χ1v) is 7.36. The fourth-order valence-corrected chi connectivity index (χ4v) is 2.55. The first-order chi connectivity index (χ1) is 9.01. The van der Waals surface area contributed by atoms with E-state index in [0.717, 1.165) is 32.6 Å².